The molecule has 0 unspecified atom stereocenters. The molecular formula is C12H16N4O. The lowest BCUT2D eigenvalue weighted by atomic mass is 10.4. The summed E-state index contributed by atoms with van der Waals surface area (Å²) in [5.74, 6) is 2.42. The van der Waals surface area contributed by atoms with Gasteiger partial charge in [-0.25, -0.2) is 15.0 Å². The number of hydrogen-bond donors (Lipinski definition) is 1. The molecule has 0 fully saturated rings. The first-order valence-corrected chi connectivity index (χ1v) is 5.70. The van der Waals surface area contributed by atoms with E-state index in [1.807, 2.05) is 19.9 Å². The van der Waals surface area contributed by atoms with Crippen LogP contribution in [0.2, 0.25) is 0 Å². The summed E-state index contributed by atoms with van der Waals surface area (Å²) in [5, 5.41) is 3.24. The van der Waals surface area contributed by atoms with Crippen molar-refractivity contribution in [2.45, 2.75) is 33.4 Å². The van der Waals surface area contributed by atoms with Gasteiger partial charge < -0.3 is 9.73 Å². The predicted octanol–water partition coefficient (Wildman–Crippen LogP) is 1.63. The molecule has 0 amide bonds. The van der Waals surface area contributed by atoms with E-state index in [1.165, 1.54) is 0 Å². The fraction of sp³-hybridized carbons (Fsp3) is 0.417. The molecule has 5 nitrogen and oxygen atoms in total. The van der Waals surface area contributed by atoms with Gasteiger partial charge >= 0.3 is 0 Å². The Balaban J connectivity index is 1.83. The molecule has 0 bridgehead atoms. The van der Waals surface area contributed by atoms with Gasteiger partial charge in [0.1, 0.15) is 11.6 Å². The third kappa shape index (κ3) is 3.35. The van der Waals surface area contributed by atoms with E-state index in [1.54, 1.807) is 12.4 Å². The van der Waals surface area contributed by atoms with Crippen molar-refractivity contribution in [3.8, 4) is 0 Å². The number of nitrogens with one attached hydrogen (secondary N) is 1. The van der Waals surface area contributed by atoms with Crippen molar-refractivity contribution in [2.24, 2.45) is 0 Å². The van der Waals surface area contributed by atoms with Crippen molar-refractivity contribution in [3.63, 3.8) is 0 Å². The molecule has 17 heavy (non-hydrogen) atoms. The summed E-state index contributed by atoms with van der Waals surface area (Å²) >= 11 is 0. The normalized spacial score (nSPS) is 10.7. The van der Waals surface area contributed by atoms with E-state index in [4.69, 9.17) is 4.42 Å². The first-order valence-electron chi connectivity index (χ1n) is 5.70. The molecule has 0 radical (unpaired) electrons. The number of hydrogen-bond acceptors (Lipinski definition) is 5. The Kier molecular flexibility index (Phi) is 3.82. The topological polar surface area (TPSA) is 63.8 Å². The monoisotopic (exact) mass is 232 g/mol. The second-order valence-corrected chi connectivity index (χ2v) is 3.77. The van der Waals surface area contributed by atoms with Gasteiger partial charge in [-0.1, -0.05) is 6.92 Å². The summed E-state index contributed by atoms with van der Waals surface area (Å²) in [4.78, 5) is 12.5. The third-order valence-corrected chi connectivity index (χ3v) is 2.37. The van der Waals surface area contributed by atoms with Gasteiger partial charge in [0.2, 0.25) is 5.89 Å². The van der Waals surface area contributed by atoms with E-state index >= 15 is 0 Å². The molecule has 5 heteroatoms. The van der Waals surface area contributed by atoms with E-state index in [2.05, 4.69) is 20.3 Å². The van der Waals surface area contributed by atoms with Crippen LogP contribution in [0.1, 0.15) is 30.1 Å². The van der Waals surface area contributed by atoms with Crippen LogP contribution < -0.4 is 5.32 Å². The summed E-state index contributed by atoms with van der Waals surface area (Å²) in [6.45, 7) is 5.22. The zero-order chi connectivity index (χ0) is 12.1. The Hall–Kier alpha value is -1.75. The summed E-state index contributed by atoms with van der Waals surface area (Å²) in [7, 11) is 0. The second kappa shape index (κ2) is 5.54. The van der Waals surface area contributed by atoms with Gasteiger partial charge in [0, 0.05) is 19.2 Å². The minimum atomic E-state index is 0.614. The number of nitrogens with zero attached hydrogens (tertiary/aromatic N) is 3. The zero-order valence-corrected chi connectivity index (χ0v) is 10.1. The maximum atomic E-state index is 5.49. The molecule has 2 aromatic rings. The largest absolute Gasteiger partial charge is 0.444 e. The van der Waals surface area contributed by atoms with E-state index < -0.39 is 0 Å². The lowest BCUT2D eigenvalue weighted by Crippen LogP contribution is -2.14. The van der Waals surface area contributed by atoms with Crippen LogP contribution in [0.4, 0.5) is 0 Å². The standard InChI is InChI=1S/C12H16N4O/c1-3-11-7-15-12(17-11)8-13-6-10-4-5-14-9(2)16-10/h4-5,7,13H,3,6,8H2,1-2H3. The Labute approximate surface area is 100 Å². The number of aromatic nitrogens is 3. The third-order valence-electron chi connectivity index (χ3n) is 2.37. The van der Waals surface area contributed by atoms with E-state index in [9.17, 15) is 0 Å². The number of rotatable bonds is 5. The quantitative estimate of drug-likeness (QED) is 0.848. The van der Waals surface area contributed by atoms with Crippen molar-refractivity contribution in [1.29, 1.82) is 0 Å². The molecule has 90 valence electrons. The summed E-state index contributed by atoms with van der Waals surface area (Å²) in [5.41, 5.74) is 0.972. The maximum absolute atomic E-state index is 5.49. The lowest BCUT2D eigenvalue weighted by molar-refractivity contribution is 0.438. The molecule has 2 aromatic heterocycles. The highest BCUT2D eigenvalue weighted by Crippen LogP contribution is 2.04. The SMILES string of the molecule is CCc1cnc(CNCc2ccnc(C)n2)o1. The number of oxazole rings is 1. The van der Waals surface area contributed by atoms with Crippen LogP contribution in [-0.2, 0) is 19.5 Å². The Morgan fingerprint density at radius 3 is 2.88 bits per heavy atom. The molecule has 0 aliphatic carbocycles. The molecule has 0 spiro atoms. The van der Waals surface area contributed by atoms with Crippen molar-refractivity contribution >= 4 is 0 Å². The van der Waals surface area contributed by atoms with Gasteiger partial charge in [-0.3, -0.25) is 0 Å². The van der Waals surface area contributed by atoms with Crippen LogP contribution in [0.5, 0.6) is 0 Å². The first-order chi connectivity index (χ1) is 8.28. The molecule has 0 aliphatic rings. The first kappa shape index (κ1) is 11.7. The van der Waals surface area contributed by atoms with Gasteiger partial charge in [0.15, 0.2) is 0 Å². The summed E-state index contributed by atoms with van der Waals surface area (Å²) < 4.78 is 5.49. The maximum Gasteiger partial charge on any atom is 0.208 e. The van der Waals surface area contributed by atoms with Gasteiger partial charge in [-0.15, -0.1) is 0 Å². The van der Waals surface area contributed by atoms with Crippen molar-refractivity contribution in [3.05, 3.63) is 41.6 Å². The van der Waals surface area contributed by atoms with Crippen molar-refractivity contribution < 1.29 is 4.42 Å². The van der Waals surface area contributed by atoms with Crippen LogP contribution in [0.25, 0.3) is 0 Å². The van der Waals surface area contributed by atoms with Crippen LogP contribution in [0, 0.1) is 6.92 Å². The molecule has 0 saturated heterocycles. The minimum absolute atomic E-state index is 0.614. The fourth-order valence-electron chi connectivity index (χ4n) is 1.49. The average Bonchev–Trinajstić information content (AvgIpc) is 2.77. The Bertz CT molecular complexity index is 481. The highest BCUT2D eigenvalue weighted by Gasteiger charge is 2.02. The van der Waals surface area contributed by atoms with Gasteiger partial charge in [0.05, 0.1) is 18.4 Å². The van der Waals surface area contributed by atoms with Crippen molar-refractivity contribution in [2.75, 3.05) is 0 Å². The fourth-order valence-corrected chi connectivity index (χ4v) is 1.49. The molecule has 2 rings (SSSR count). The average molecular weight is 232 g/mol. The summed E-state index contributed by atoms with van der Waals surface area (Å²) in [6, 6.07) is 1.90. The molecular weight excluding hydrogens is 216 g/mol. The number of aryl methyl sites for hydroxylation is 2. The smallest absolute Gasteiger partial charge is 0.208 e. The van der Waals surface area contributed by atoms with Crippen molar-refractivity contribution in [1.82, 2.24) is 20.3 Å². The van der Waals surface area contributed by atoms with Crippen LogP contribution in [-0.4, -0.2) is 15.0 Å². The minimum Gasteiger partial charge on any atom is -0.444 e. The second-order valence-electron chi connectivity index (χ2n) is 3.77. The van der Waals surface area contributed by atoms with E-state index in [-0.39, 0.29) is 0 Å². The van der Waals surface area contributed by atoms with Crippen LogP contribution >= 0.6 is 0 Å². The molecule has 0 saturated carbocycles. The van der Waals surface area contributed by atoms with E-state index in [0.29, 0.717) is 19.0 Å². The lowest BCUT2D eigenvalue weighted by Gasteiger charge is -2.02. The molecule has 1 N–H and O–H groups in total. The molecule has 2 heterocycles. The Morgan fingerprint density at radius 1 is 1.29 bits per heavy atom. The Morgan fingerprint density at radius 2 is 2.18 bits per heavy atom. The van der Waals surface area contributed by atoms with Crippen LogP contribution in [0.3, 0.4) is 0 Å². The molecule has 0 aliphatic heterocycles. The molecule has 0 atom stereocenters. The van der Waals surface area contributed by atoms with Gasteiger partial charge in [-0.2, -0.15) is 0 Å². The van der Waals surface area contributed by atoms with Gasteiger partial charge in [0.25, 0.3) is 0 Å². The predicted molar refractivity (Wildman–Crippen MR) is 63.2 cm³/mol. The van der Waals surface area contributed by atoms with Crippen LogP contribution in [0.15, 0.2) is 22.9 Å². The summed E-state index contributed by atoms with van der Waals surface area (Å²) in [6.07, 6.45) is 4.41. The van der Waals surface area contributed by atoms with Gasteiger partial charge in [-0.05, 0) is 13.0 Å². The highest BCUT2D eigenvalue weighted by atomic mass is 16.4. The highest BCUT2D eigenvalue weighted by molar-refractivity contribution is 5.01. The van der Waals surface area contributed by atoms with E-state index in [0.717, 1.165) is 23.7 Å². The molecule has 0 aromatic carbocycles. The zero-order valence-electron chi connectivity index (χ0n) is 10.1.